The molecule has 0 spiro atoms. The predicted octanol–water partition coefficient (Wildman–Crippen LogP) is 4.14. The molecule has 0 radical (unpaired) electrons. The number of thiophene rings is 1. The van der Waals surface area contributed by atoms with Crippen LogP contribution in [0.4, 0.5) is 0 Å². The number of nitrogens with one attached hydrogen (secondary N) is 1. The van der Waals surface area contributed by atoms with Gasteiger partial charge in [0, 0.05) is 28.4 Å². The summed E-state index contributed by atoms with van der Waals surface area (Å²) in [5, 5.41) is 0.738. The van der Waals surface area contributed by atoms with Crippen LogP contribution in [-0.4, -0.2) is 21.1 Å². The Kier molecular flexibility index (Phi) is 5.19. The lowest BCUT2D eigenvalue weighted by Crippen LogP contribution is -2.25. The summed E-state index contributed by atoms with van der Waals surface area (Å²) >= 11 is 1.64. The largest absolute Gasteiger partial charge is 0.488 e. The van der Waals surface area contributed by atoms with Gasteiger partial charge >= 0.3 is 0 Å². The molecule has 3 aromatic heterocycles. The molecule has 31 heavy (non-hydrogen) atoms. The molecule has 0 fully saturated rings. The highest BCUT2D eigenvalue weighted by Gasteiger charge is 2.23. The normalized spacial score (nSPS) is 12.9. The summed E-state index contributed by atoms with van der Waals surface area (Å²) in [5.74, 6) is 0.913. The second-order valence-corrected chi connectivity index (χ2v) is 8.85. The van der Waals surface area contributed by atoms with Crippen LogP contribution in [0.15, 0.2) is 52.2 Å². The number of aromatic amines is 1. The molecule has 4 aromatic rings. The number of benzene rings is 1. The summed E-state index contributed by atoms with van der Waals surface area (Å²) in [6, 6.07) is 11.2. The number of pyridine rings is 1. The molecule has 3 heterocycles. The van der Waals surface area contributed by atoms with Gasteiger partial charge in [-0.15, -0.1) is 11.3 Å². The zero-order chi connectivity index (χ0) is 21.4. The van der Waals surface area contributed by atoms with Gasteiger partial charge in [0.25, 0.3) is 5.56 Å². The highest BCUT2D eigenvalue weighted by molar-refractivity contribution is 7.18. The summed E-state index contributed by atoms with van der Waals surface area (Å²) in [5.41, 5.74) is 2.43. The average Bonchev–Trinajstić information content (AvgIpc) is 3.36. The first-order chi connectivity index (χ1) is 15.2. The lowest BCUT2D eigenvalue weighted by Gasteiger charge is -2.13. The van der Waals surface area contributed by atoms with E-state index in [1.165, 1.54) is 10.9 Å². The molecule has 1 N–H and O–H groups in total. The molecule has 0 atom stereocenters. The Hall–Kier alpha value is -3.19. The third kappa shape index (κ3) is 3.59. The Balaban J connectivity index is 1.65. The van der Waals surface area contributed by atoms with E-state index in [0.717, 1.165) is 47.0 Å². The van der Waals surface area contributed by atoms with Gasteiger partial charge in [-0.3, -0.25) is 14.2 Å². The molecule has 1 aliphatic rings. The topological polar surface area (TPSA) is 77.0 Å². The quantitative estimate of drug-likeness (QED) is 0.496. The molecular formula is C24H23N3O3S. The molecule has 6 nitrogen and oxygen atoms in total. The fraction of sp³-hybridized carbons (Fsp3) is 0.292. The maximum atomic E-state index is 13.7. The van der Waals surface area contributed by atoms with Gasteiger partial charge in [-0.2, -0.15) is 0 Å². The maximum absolute atomic E-state index is 13.7. The number of nitrogens with zero attached hydrogens (tertiary/aromatic N) is 2. The van der Waals surface area contributed by atoms with Crippen LogP contribution in [0, 0.1) is 0 Å². The molecule has 7 heteroatoms. The highest BCUT2D eigenvalue weighted by Crippen LogP contribution is 2.35. The van der Waals surface area contributed by atoms with E-state index in [0.29, 0.717) is 23.9 Å². The standard InChI is InChI=1S/C24H23N3O3S/c1-2-11-30-19-13-25-16(12-18(19)28)14-27-22(15-7-4-3-5-8-15)26-23-21(24(27)29)17-9-6-10-20(17)31-23/h3-5,7-8,12-13H,2,6,9-11,14H2,1H3,(H,25,28). The number of H-pyrrole nitrogens is 1. The molecule has 0 amide bonds. The van der Waals surface area contributed by atoms with Crippen LogP contribution in [0.3, 0.4) is 0 Å². The van der Waals surface area contributed by atoms with E-state index in [-0.39, 0.29) is 17.5 Å². The number of aryl methyl sites for hydroxylation is 2. The molecule has 0 aliphatic heterocycles. The maximum Gasteiger partial charge on any atom is 0.263 e. The van der Waals surface area contributed by atoms with Crippen LogP contribution >= 0.6 is 11.3 Å². The van der Waals surface area contributed by atoms with Crippen molar-refractivity contribution in [2.75, 3.05) is 6.61 Å². The zero-order valence-corrected chi connectivity index (χ0v) is 18.1. The van der Waals surface area contributed by atoms with Crippen molar-refractivity contribution in [1.82, 2.24) is 14.5 Å². The van der Waals surface area contributed by atoms with Crippen molar-refractivity contribution in [2.45, 2.75) is 39.2 Å². The molecule has 1 aromatic carbocycles. The SMILES string of the molecule is CCCOc1c[nH]c(Cn2c(-c3ccccc3)nc3sc4c(c3c2=O)CCC4)cc1=O. The number of aromatic nitrogens is 3. The van der Waals surface area contributed by atoms with Crippen molar-refractivity contribution in [2.24, 2.45) is 0 Å². The van der Waals surface area contributed by atoms with E-state index in [9.17, 15) is 9.59 Å². The van der Waals surface area contributed by atoms with E-state index in [4.69, 9.17) is 9.72 Å². The minimum Gasteiger partial charge on any atom is -0.488 e. The van der Waals surface area contributed by atoms with Crippen molar-refractivity contribution in [3.63, 3.8) is 0 Å². The number of fused-ring (bicyclic) bond motifs is 3. The minimum absolute atomic E-state index is 0.0459. The fourth-order valence-electron chi connectivity index (χ4n) is 4.12. The summed E-state index contributed by atoms with van der Waals surface area (Å²) < 4.78 is 7.16. The first-order valence-electron chi connectivity index (χ1n) is 10.6. The van der Waals surface area contributed by atoms with Gasteiger partial charge in [-0.25, -0.2) is 4.98 Å². The molecule has 0 bridgehead atoms. The number of hydrogen-bond donors (Lipinski definition) is 1. The number of rotatable bonds is 6. The number of ether oxygens (including phenoxy) is 1. The molecular weight excluding hydrogens is 410 g/mol. The Labute approximate surface area is 183 Å². The van der Waals surface area contributed by atoms with Crippen LogP contribution in [-0.2, 0) is 19.4 Å². The van der Waals surface area contributed by atoms with E-state index in [1.807, 2.05) is 37.3 Å². The van der Waals surface area contributed by atoms with Crippen molar-refractivity contribution in [3.8, 4) is 17.1 Å². The second kappa shape index (κ2) is 8.15. The summed E-state index contributed by atoms with van der Waals surface area (Å²) in [4.78, 5) is 36.2. The molecule has 158 valence electrons. The molecule has 5 rings (SSSR count). The predicted molar refractivity (Wildman–Crippen MR) is 123 cm³/mol. The van der Waals surface area contributed by atoms with Gasteiger partial charge < -0.3 is 9.72 Å². The molecule has 0 unspecified atom stereocenters. The molecule has 0 saturated carbocycles. The monoisotopic (exact) mass is 433 g/mol. The van der Waals surface area contributed by atoms with Gasteiger partial charge in [0.1, 0.15) is 10.7 Å². The lowest BCUT2D eigenvalue weighted by molar-refractivity contribution is 0.313. The van der Waals surface area contributed by atoms with Crippen molar-refractivity contribution in [3.05, 3.63) is 79.3 Å². The number of hydrogen-bond acceptors (Lipinski definition) is 5. The Morgan fingerprint density at radius 3 is 2.81 bits per heavy atom. The van der Waals surface area contributed by atoms with Crippen molar-refractivity contribution >= 4 is 21.6 Å². The zero-order valence-electron chi connectivity index (χ0n) is 17.3. The second-order valence-electron chi connectivity index (χ2n) is 7.77. The summed E-state index contributed by atoms with van der Waals surface area (Å²) in [6.07, 6.45) is 5.44. The van der Waals surface area contributed by atoms with Gasteiger partial charge in [0.05, 0.1) is 18.5 Å². The van der Waals surface area contributed by atoms with Crippen LogP contribution in [0.2, 0.25) is 0 Å². The van der Waals surface area contributed by atoms with Crippen LogP contribution < -0.4 is 15.7 Å². The summed E-state index contributed by atoms with van der Waals surface area (Å²) in [6.45, 7) is 2.72. The molecule has 1 aliphatic carbocycles. The average molecular weight is 434 g/mol. The van der Waals surface area contributed by atoms with Crippen LogP contribution in [0.5, 0.6) is 5.75 Å². The Morgan fingerprint density at radius 1 is 1.19 bits per heavy atom. The van der Waals surface area contributed by atoms with Gasteiger partial charge in [0.15, 0.2) is 5.75 Å². The Morgan fingerprint density at radius 2 is 2.03 bits per heavy atom. The van der Waals surface area contributed by atoms with E-state index < -0.39 is 0 Å². The third-order valence-electron chi connectivity index (χ3n) is 5.58. The first kappa shape index (κ1) is 19.8. The summed E-state index contributed by atoms with van der Waals surface area (Å²) in [7, 11) is 0. The van der Waals surface area contributed by atoms with Crippen LogP contribution in [0.25, 0.3) is 21.6 Å². The van der Waals surface area contributed by atoms with Crippen LogP contribution in [0.1, 0.15) is 35.9 Å². The lowest BCUT2D eigenvalue weighted by atomic mass is 10.1. The smallest absolute Gasteiger partial charge is 0.263 e. The van der Waals surface area contributed by atoms with E-state index in [2.05, 4.69) is 4.98 Å². The van der Waals surface area contributed by atoms with Gasteiger partial charge in [-0.05, 0) is 31.2 Å². The first-order valence-corrected chi connectivity index (χ1v) is 11.4. The van der Waals surface area contributed by atoms with E-state index in [1.54, 1.807) is 22.1 Å². The molecule has 0 saturated heterocycles. The van der Waals surface area contributed by atoms with Gasteiger partial charge in [-0.1, -0.05) is 37.3 Å². The minimum atomic E-state index is -0.193. The van der Waals surface area contributed by atoms with Crippen molar-refractivity contribution < 1.29 is 4.74 Å². The highest BCUT2D eigenvalue weighted by atomic mass is 32.1. The van der Waals surface area contributed by atoms with Gasteiger partial charge in [0.2, 0.25) is 5.43 Å². The van der Waals surface area contributed by atoms with E-state index >= 15 is 0 Å². The third-order valence-corrected chi connectivity index (χ3v) is 6.77. The fourth-order valence-corrected chi connectivity index (χ4v) is 5.37. The Bertz CT molecular complexity index is 1370. The van der Waals surface area contributed by atoms with Crippen molar-refractivity contribution in [1.29, 1.82) is 0 Å².